The number of phenols is 1. The number of benzene rings is 1. The molecule has 1 aromatic carbocycles. The Balaban J connectivity index is 1.53. The number of aromatic hydroxyl groups is 1. The maximum Gasteiger partial charge on any atom is 0.342 e. The maximum absolute atomic E-state index is 12.0. The van der Waals surface area contributed by atoms with Crippen LogP contribution in [0, 0.1) is 6.92 Å². The van der Waals surface area contributed by atoms with Crippen LogP contribution in [0.1, 0.15) is 66.1 Å². The monoisotopic (exact) mass is 431 g/mol. The fourth-order valence-electron chi connectivity index (χ4n) is 4.25. The van der Waals surface area contributed by atoms with Crippen molar-refractivity contribution in [3.05, 3.63) is 33.9 Å². The van der Waals surface area contributed by atoms with Crippen LogP contribution in [0.3, 0.4) is 0 Å². The molecule has 0 bridgehead atoms. The third-order valence-corrected chi connectivity index (χ3v) is 6.14. The lowest BCUT2D eigenvalue weighted by Gasteiger charge is -2.25. The summed E-state index contributed by atoms with van der Waals surface area (Å²) < 4.78 is 16.0. The van der Waals surface area contributed by atoms with Gasteiger partial charge in [0.25, 0.3) is 0 Å². The number of likely N-dealkylation sites (tertiary alicyclic amines) is 1. The SMILES string of the molecule is COc1c(C)c2c(c(O)c1CC=C(C)CCC(=O)OCCN1CCCCC1)C(=O)OC2. The van der Waals surface area contributed by atoms with Gasteiger partial charge in [-0.3, -0.25) is 9.69 Å². The van der Waals surface area contributed by atoms with Crippen molar-refractivity contribution in [1.82, 2.24) is 4.90 Å². The van der Waals surface area contributed by atoms with Crippen LogP contribution in [0.15, 0.2) is 11.6 Å². The molecule has 7 heteroatoms. The Bertz CT molecular complexity index is 854. The average Bonchev–Trinajstić information content (AvgIpc) is 3.16. The highest BCUT2D eigenvalue weighted by Crippen LogP contribution is 2.42. The van der Waals surface area contributed by atoms with Gasteiger partial charge in [-0.1, -0.05) is 18.1 Å². The molecule has 1 N–H and O–H groups in total. The quantitative estimate of drug-likeness (QED) is 0.472. The van der Waals surface area contributed by atoms with Gasteiger partial charge in [0, 0.05) is 24.1 Å². The summed E-state index contributed by atoms with van der Waals surface area (Å²) in [5.74, 6) is -0.217. The third-order valence-electron chi connectivity index (χ3n) is 6.14. The minimum Gasteiger partial charge on any atom is -0.507 e. The van der Waals surface area contributed by atoms with E-state index in [1.54, 1.807) is 7.11 Å². The number of carbonyl (C=O) groups is 2. The summed E-state index contributed by atoms with van der Waals surface area (Å²) in [5, 5.41) is 10.7. The molecule has 0 spiro atoms. The van der Waals surface area contributed by atoms with Crippen LogP contribution in [0.25, 0.3) is 0 Å². The van der Waals surface area contributed by atoms with Crippen LogP contribution >= 0.6 is 0 Å². The number of cyclic esters (lactones) is 1. The molecular formula is C24H33NO6. The van der Waals surface area contributed by atoms with E-state index in [-0.39, 0.29) is 23.9 Å². The molecule has 1 aromatic rings. The number of piperidine rings is 1. The molecule has 0 atom stereocenters. The van der Waals surface area contributed by atoms with E-state index in [1.165, 1.54) is 19.3 Å². The molecule has 31 heavy (non-hydrogen) atoms. The molecule has 0 aliphatic carbocycles. The largest absolute Gasteiger partial charge is 0.507 e. The highest BCUT2D eigenvalue weighted by Gasteiger charge is 2.31. The Labute approximate surface area is 184 Å². The fourth-order valence-corrected chi connectivity index (χ4v) is 4.25. The highest BCUT2D eigenvalue weighted by atomic mass is 16.5. The van der Waals surface area contributed by atoms with Crippen LogP contribution in [0.5, 0.6) is 11.5 Å². The molecule has 7 nitrogen and oxygen atoms in total. The maximum atomic E-state index is 12.0. The van der Waals surface area contributed by atoms with E-state index in [4.69, 9.17) is 14.2 Å². The Morgan fingerprint density at radius 2 is 1.97 bits per heavy atom. The smallest absolute Gasteiger partial charge is 0.342 e. The number of nitrogens with zero attached hydrogens (tertiary/aromatic N) is 1. The first kappa shape index (κ1) is 23.1. The van der Waals surface area contributed by atoms with Crippen molar-refractivity contribution >= 4 is 11.9 Å². The number of carbonyl (C=O) groups excluding carboxylic acids is 2. The average molecular weight is 432 g/mol. The van der Waals surface area contributed by atoms with Crippen LogP contribution < -0.4 is 4.74 Å². The molecule has 2 aliphatic rings. The second-order valence-corrected chi connectivity index (χ2v) is 8.29. The zero-order valence-corrected chi connectivity index (χ0v) is 18.8. The minimum absolute atomic E-state index is 0.0823. The molecule has 3 rings (SSSR count). The number of allylic oxidation sites excluding steroid dienone is 2. The Kier molecular flexibility index (Phi) is 7.96. The van der Waals surface area contributed by atoms with E-state index < -0.39 is 5.97 Å². The van der Waals surface area contributed by atoms with Gasteiger partial charge in [-0.25, -0.2) is 4.79 Å². The van der Waals surface area contributed by atoms with Crippen molar-refractivity contribution in [2.24, 2.45) is 0 Å². The van der Waals surface area contributed by atoms with Gasteiger partial charge >= 0.3 is 11.9 Å². The number of ether oxygens (including phenoxy) is 3. The molecular weight excluding hydrogens is 398 g/mol. The molecule has 1 saturated heterocycles. The number of rotatable bonds is 9. The van der Waals surface area contributed by atoms with Crippen molar-refractivity contribution in [2.45, 2.75) is 59.0 Å². The summed E-state index contributed by atoms with van der Waals surface area (Å²) in [5.41, 5.74) is 3.28. The first-order valence-corrected chi connectivity index (χ1v) is 11.0. The van der Waals surface area contributed by atoms with E-state index in [2.05, 4.69) is 4.90 Å². The summed E-state index contributed by atoms with van der Waals surface area (Å²) in [6.07, 6.45) is 6.99. The number of esters is 2. The molecule has 2 aliphatic heterocycles. The summed E-state index contributed by atoms with van der Waals surface area (Å²) in [6, 6.07) is 0. The summed E-state index contributed by atoms with van der Waals surface area (Å²) in [4.78, 5) is 26.4. The number of hydrogen-bond acceptors (Lipinski definition) is 7. The Hall–Kier alpha value is -2.54. The lowest BCUT2D eigenvalue weighted by Crippen LogP contribution is -2.33. The minimum atomic E-state index is -0.507. The lowest BCUT2D eigenvalue weighted by atomic mass is 9.94. The van der Waals surface area contributed by atoms with Crippen molar-refractivity contribution in [3.63, 3.8) is 0 Å². The van der Waals surface area contributed by atoms with Gasteiger partial charge in [0.1, 0.15) is 30.3 Å². The van der Waals surface area contributed by atoms with Crippen LogP contribution in [0.4, 0.5) is 0 Å². The molecule has 2 heterocycles. The lowest BCUT2D eigenvalue weighted by molar-refractivity contribution is -0.144. The van der Waals surface area contributed by atoms with Crippen molar-refractivity contribution < 1.29 is 28.9 Å². The predicted octanol–water partition coefficient (Wildman–Crippen LogP) is 3.68. The van der Waals surface area contributed by atoms with Gasteiger partial charge in [-0.2, -0.15) is 0 Å². The van der Waals surface area contributed by atoms with Gasteiger partial charge < -0.3 is 19.3 Å². The van der Waals surface area contributed by atoms with Crippen molar-refractivity contribution in [3.8, 4) is 11.5 Å². The molecule has 1 fully saturated rings. The van der Waals surface area contributed by atoms with E-state index >= 15 is 0 Å². The standard InChI is InChI=1S/C24H33NO6/c1-16(8-10-20(26)30-14-13-25-11-5-4-6-12-25)7-9-18-22(27)21-19(15-31-24(21)28)17(2)23(18)29-3/h7,27H,4-6,8-15H2,1-3H3. The van der Waals surface area contributed by atoms with Crippen LogP contribution in [-0.4, -0.2) is 55.3 Å². The van der Waals surface area contributed by atoms with Crippen LogP contribution in [-0.2, 0) is 27.3 Å². The first-order chi connectivity index (χ1) is 14.9. The van der Waals surface area contributed by atoms with Crippen molar-refractivity contribution in [2.75, 3.05) is 33.4 Å². The molecule has 0 amide bonds. The normalized spacial score (nSPS) is 16.7. The number of fused-ring (bicyclic) bond motifs is 1. The van der Waals surface area contributed by atoms with Crippen molar-refractivity contribution in [1.29, 1.82) is 0 Å². The topological polar surface area (TPSA) is 85.3 Å². The van der Waals surface area contributed by atoms with Gasteiger partial charge in [0.05, 0.1) is 7.11 Å². The summed E-state index contributed by atoms with van der Waals surface area (Å²) >= 11 is 0. The molecule has 0 radical (unpaired) electrons. The number of hydrogen-bond donors (Lipinski definition) is 1. The van der Waals surface area contributed by atoms with E-state index in [0.717, 1.165) is 30.8 Å². The third kappa shape index (κ3) is 5.58. The number of methoxy groups -OCH3 is 1. The van der Waals surface area contributed by atoms with Gasteiger partial charge in [-0.15, -0.1) is 0 Å². The predicted molar refractivity (Wildman–Crippen MR) is 116 cm³/mol. The molecule has 0 saturated carbocycles. The molecule has 0 aromatic heterocycles. The second-order valence-electron chi connectivity index (χ2n) is 8.29. The van der Waals surface area contributed by atoms with E-state index in [0.29, 0.717) is 42.7 Å². The zero-order chi connectivity index (χ0) is 22.4. The summed E-state index contributed by atoms with van der Waals surface area (Å²) in [6.45, 7) is 7.39. The van der Waals surface area contributed by atoms with Gasteiger partial charge in [0.15, 0.2) is 0 Å². The zero-order valence-electron chi connectivity index (χ0n) is 18.8. The highest BCUT2D eigenvalue weighted by molar-refractivity contribution is 5.98. The molecule has 0 unspecified atom stereocenters. The van der Waals surface area contributed by atoms with E-state index in [1.807, 2.05) is 19.9 Å². The Morgan fingerprint density at radius 1 is 1.23 bits per heavy atom. The second kappa shape index (κ2) is 10.7. The van der Waals surface area contributed by atoms with Gasteiger partial charge in [0.2, 0.25) is 0 Å². The fraction of sp³-hybridized carbons (Fsp3) is 0.583. The van der Waals surface area contributed by atoms with Crippen LogP contribution in [0.2, 0.25) is 0 Å². The van der Waals surface area contributed by atoms with E-state index in [9.17, 15) is 14.7 Å². The Morgan fingerprint density at radius 3 is 2.68 bits per heavy atom. The summed E-state index contributed by atoms with van der Waals surface area (Å²) in [7, 11) is 1.55. The van der Waals surface area contributed by atoms with Gasteiger partial charge in [-0.05, 0) is 58.2 Å². The first-order valence-electron chi connectivity index (χ1n) is 11.0. The number of phenolic OH excluding ortho intramolecular Hbond substituents is 1. The molecule has 170 valence electrons.